The molecule has 8 aliphatic heterocycles. The summed E-state index contributed by atoms with van der Waals surface area (Å²) in [5, 5.41) is 246. The molecule has 0 unspecified atom stereocenters. The Balaban J connectivity index is 1.27. The van der Waals surface area contributed by atoms with Crippen LogP contribution in [-0.4, -0.2) is 435 Å². The van der Waals surface area contributed by atoms with Crippen LogP contribution < -0.4 is 26.6 Å². The highest BCUT2D eigenvalue weighted by molar-refractivity contribution is 5.75. The van der Waals surface area contributed by atoms with Gasteiger partial charge in [0.2, 0.25) is 29.5 Å². The zero-order valence-electron chi connectivity index (χ0n) is 56.3. The minimum atomic E-state index is -2.65. The van der Waals surface area contributed by atoms with E-state index in [1.165, 1.54) is 0 Å². The summed E-state index contributed by atoms with van der Waals surface area (Å²) in [5.74, 6) is -4.43. The second-order valence-electron chi connectivity index (χ2n) is 26.1. The predicted molar refractivity (Wildman–Crippen MR) is 322 cm³/mol. The maximum atomic E-state index is 13.1. The highest BCUT2D eigenvalue weighted by Gasteiger charge is 2.61. The van der Waals surface area contributed by atoms with Crippen LogP contribution in [0.4, 0.5) is 0 Å². The van der Waals surface area contributed by atoms with Gasteiger partial charge in [0.05, 0.1) is 52.9 Å². The second kappa shape index (κ2) is 37.5. The Hall–Kier alpha value is -4.09. The van der Waals surface area contributed by atoms with E-state index >= 15 is 0 Å². The Morgan fingerprint density at radius 2 is 0.510 bits per heavy atom. The number of carbonyl (C=O) groups is 5. The Kier molecular flexibility index (Phi) is 30.9. The molecule has 0 aromatic heterocycles. The molecule has 0 spiro atoms. The average molecular weight is 1520 g/mol. The molecule has 0 radical (unpaired) electrons. The molecule has 40 atom stereocenters. The van der Waals surface area contributed by atoms with Crippen LogP contribution >= 0.6 is 0 Å². The van der Waals surface area contributed by atoms with Gasteiger partial charge in [0.1, 0.15) is 195 Å². The molecule has 104 heavy (non-hydrogen) atoms. The van der Waals surface area contributed by atoms with Crippen LogP contribution in [0.5, 0.6) is 0 Å². The van der Waals surface area contributed by atoms with E-state index in [1.807, 2.05) is 0 Å². The topological polar surface area (TPSA) is 709 Å². The van der Waals surface area contributed by atoms with Gasteiger partial charge in [-0.3, -0.25) is 24.0 Å². The van der Waals surface area contributed by atoms with Gasteiger partial charge in [-0.1, -0.05) is 0 Å². The number of hydrogen-bond donors (Lipinski definition) is 26. The summed E-state index contributed by atoms with van der Waals surface area (Å²) in [4.78, 5) is 63.3. The van der Waals surface area contributed by atoms with Crippen LogP contribution in [0.3, 0.4) is 0 Å². The summed E-state index contributed by atoms with van der Waals surface area (Å²) >= 11 is 0. The van der Waals surface area contributed by atoms with Crippen LogP contribution in [0.1, 0.15) is 34.6 Å². The van der Waals surface area contributed by atoms with Gasteiger partial charge in [-0.05, 0) is 0 Å². The van der Waals surface area contributed by atoms with Crippen LogP contribution in [0.15, 0.2) is 0 Å². The van der Waals surface area contributed by atoms with Gasteiger partial charge in [-0.15, -0.1) is 0 Å². The van der Waals surface area contributed by atoms with Crippen LogP contribution in [0.2, 0.25) is 0 Å². The molecule has 0 bridgehead atoms. The van der Waals surface area contributed by atoms with Crippen LogP contribution in [0.25, 0.3) is 0 Å². The molecule has 8 aliphatic rings. The van der Waals surface area contributed by atoms with Gasteiger partial charge in [-0.2, -0.15) is 0 Å². The second-order valence-corrected chi connectivity index (χ2v) is 26.1. The van der Waals surface area contributed by atoms with Crippen LogP contribution in [-0.2, 0) is 95.0 Å². The third-order valence-electron chi connectivity index (χ3n) is 18.7. The fourth-order valence-corrected chi connectivity index (χ4v) is 13.4. The molecule has 0 aliphatic carbocycles. The van der Waals surface area contributed by atoms with Crippen molar-refractivity contribution in [2.45, 2.75) is 280 Å². The highest BCUT2D eigenvalue weighted by atomic mass is 16.8. The van der Waals surface area contributed by atoms with Gasteiger partial charge in [-0.25, -0.2) is 0 Å². The quantitative estimate of drug-likeness (QED) is 0.0363. The van der Waals surface area contributed by atoms with Crippen molar-refractivity contribution in [1.29, 1.82) is 0 Å². The monoisotopic (exact) mass is 1520 g/mol. The first-order valence-electron chi connectivity index (χ1n) is 33.1. The smallest absolute Gasteiger partial charge is 0.217 e. The lowest BCUT2D eigenvalue weighted by Gasteiger charge is -2.52. The van der Waals surface area contributed by atoms with E-state index in [4.69, 9.17) is 71.1 Å². The lowest BCUT2D eigenvalue weighted by Crippen LogP contribution is -2.71. The Labute approximate surface area is 589 Å². The number of rotatable bonds is 27. The van der Waals surface area contributed by atoms with Crippen molar-refractivity contribution in [3.05, 3.63) is 0 Å². The van der Waals surface area contributed by atoms with Gasteiger partial charge in [0.25, 0.3) is 0 Å². The van der Waals surface area contributed by atoms with Gasteiger partial charge in [0.15, 0.2) is 50.3 Å². The average Bonchev–Trinajstić information content (AvgIpc) is 0.778. The minimum absolute atomic E-state index is 0.788. The van der Waals surface area contributed by atoms with Crippen molar-refractivity contribution in [3.63, 3.8) is 0 Å². The Bertz CT molecular complexity index is 2770. The lowest BCUT2D eigenvalue weighted by molar-refractivity contribution is -0.407. The SMILES string of the molecule is CC(=O)N[C@@H]1[C@@H](O)[C@H](O[C@@H]2O[C@H](CO)[C@@H](O[C@@H]3O[C@H](CO[C@H]4O[C@H](CO)[C@@H](O)[C@H](O)[C@@H]4O[C@@H]4O[C@H](CO)[C@@H](O)[C@H](O)[C@H]4NC(C)=O)[C@@H](O[C@@H]4O[C@H](CO)[C@@H](O)[C@H](O)[C@H]4NC(C)=O)[C@H](O[C@H]4O[C@H](CO)[C@@H](O)[C@H](O)[C@@H]4O[C@@H]4O[C@H](CO)[C@@H](O)[C@H](O)[C@H]4NC(C)=O)[C@@H]3O)[C@H](O)[C@H]2NC(C)=O)[C@@H](CO)O[C@@H]1O. The van der Waals surface area contributed by atoms with E-state index in [1.54, 1.807) is 0 Å². The van der Waals surface area contributed by atoms with Crippen molar-refractivity contribution in [3.8, 4) is 0 Å². The molecule has 8 rings (SSSR count). The van der Waals surface area contributed by atoms with Crippen molar-refractivity contribution >= 4 is 29.5 Å². The number of aliphatic hydroxyl groups is 21. The minimum Gasteiger partial charge on any atom is -0.394 e. The summed E-state index contributed by atoms with van der Waals surface area (Å²) in [5.41, 5.74) is 0. The molecular formula is C58H97N5O41. The molecule has 0 aromatic rings. The van der Waals surface area contributed by atoms with Crippen LogP contribution in [0, 0.1) is 0 Å². The summed E-state index contributed by atoms with van der Waals surface area (Å²) < 4.78 is 91.3. The molecule has 0 aromatic carbocycles. The van der Waals surface area contributed by atoms with Crippen molar-refractivity contribution in [1.82, 2.24) is 26.6 Å². The Morgan fingerprint density at radius 1 is 0.250 bits per heavy atom. The highest BCUT2D eigenvalue weighted by Crippen LogP contribution is 2.40. The molecule has 600 valence electrons. The molecule has 8 saturated heterocycles. The maximum Gasteiger partial charge on any atom is 0.217 e. The standard InChI is InChI=1S/C58H97N5O41/c1-14(71)59-27-40(84)45(24(11-69)91-51(27)89)99-55-31(63-18(5)75)41(85)46(25(12-70)97-55)100-56-44(88)48(102-58-50(43(87)36(80)23(10-68)96-58)104-54-30(62-17(4)74)39(83)34(78)21(8-66)94-54)47(101-52-28(60-15(2)72)37(81)32(76)19(6-64)92-52)26(98-56)13-90-57-49(42(86)35(79)22(9-67)95-57)103-53-29(61-16(3)73)38(82)33(77)20(7-65)93-53/h19-58,64-70,76-89H,6-13H2,1-5H3,(H,59,71)(H,60,72)(H,61,73)(H,62,74)(H,63,75)/t19-,20-,21-,22-,23-,24-,25-,26-,27-,28-,29-,30-,31-,32-,33-,34-,35-,36-,37-,38-,39-,40-,41-,42+,43+,44+,45-,46-,47-,48-,49+,50+,51+,52+,53+,54+,55+,56+,57+,58-/m1/s1. The first-order chi connectivity index (χ1) is 49.2. The number of ether oxygens (including phenoxy) is 15. The van der Waals surface area contributed by atoms with E-state index in [0.29, 0.717) is 0 Å². The summed E-state index contributed by atoms with van der Waals surface area (Å²) in [7, 11) is 0. The van der Waals surface area contributed by atoms with E-state index in [-0.39, 0.29) is 0 Å². The first-order valence-corrected chi connectivity index (χ1v) is 33.1. The molecule has 26 N–H and O–H groups in total. The Morgan fingerprint density at radius 3 is 0.885 bits per heavy atom. The fraction of sp³-hybridized carbons (Fsp3) is 0.914. The normalized spacial score (nSPS) is 47.2. The van der Waals surface area contributed by atoms with Gasteiger partial charge >= 0.3 is 0 Å². The number of carbonyl (C=O) groups excluding carboxylic acids is 5. The lowest BCUT2D eigenvalue weighted by atomic mass is 9.93. The summed E-state index contributed by atoms with van der Waals surface area (Å²) in [6, 6.07) is -9.14. The summed E-state index contributed by atoms with van der Waals surface area (Å²) in [6.07, 6.45) is -73.7. The van der Waals surface area contributed by atoms with Crippen molar-refractivity contribution in [2.75, 3.05) is 52.9 Å². The zero-order valence-corrected chi connectivity index (χ0v) is 56.3. The largest absolute Gasteiger partial charge is 0.394 e. The molecule has 8 heterocycles. The number of aliphatic hydroxyl groups excluding tert-OH is 21. The third-order valence-corrected chi connectivity index (χ3v) is 18.7. The van der Waals surface area contributed by atoms with Crippen molar-refractivity contribution < 1.29 is 202 Å². The third kappa shape index (κ3) is 19.2. The molecular weight excluding hydrogens is 1420 g/mol. The number of nitrogens with one attached hydrogen (secondary N) is 5. The van der Waals surface area contributed by atoms with E-state index in [2.05, 4.69) is 26.6 Å². The molecule has 5 amide bonds. The van der Waals surface area contributed by atoms with E-state index in [9.17, 15) is 131 Å². The summed E-state index contributed by atoms with van der Waals surface area (Å²) in [6.45, 7) is -4.05. The maximum absolute atomic E-state index is 13.1. The van der Waals surface area contributed by atoms with Gasteiger partial charge < -0.3 is 205 Å². The van der Waals surface area contributed by atoms with Crippen molar-refractivity contribution in [2.24, 2.45) is 0 Å². The number of hydrogen-bond acceptors (Lipinski definition) is 41. The molecule has 46 nitrogen and oxygen atoms in total. The number of amides is 5. The predicted octanol–water partition coefficient (Wildman–Crippen LogP) is -17.7. The van der Waals surface area contributed by atoms with Gasteiger partial charge in [0, 0.05) is 34.6 Å². The molecule has 0 saturated carbocycles. The molecule has 8 fully saturated rings. The van der Waals surface area contributed by atoms with E-state index < -0.39 is 328 Å². The molecule has 46 heteroatoms. The first kappa shape index (κ1) is 85.5. The van der Waals surface area contributed by atoms with E-state index in [0.717, 1.165) is 34.6 Å². The zero-order chi connectivity index (χ0) is 76.8. The fourth-order valence-electron chi connectivity index (χ4n) is 13.4.